The molecule has 6 nitrogen and oxygen atoms in total. The van der Waals surface area contributed by atoms with E-state index in [4.69, 9.17) is 10.5 Å². The number of nitrogens with zero attached hydrogens (tertiary/aromatic N) is 3. The standard InChI is InChI=1S/C18H25N5O/c1-2-24-15-9-7-14(8-10-15)22-17-16(19)18(21-13-20-17)23-11-5-3-4-6-12-23/h7-10,13H,2-6,11-12,19H2,1H3,(H,20,21,22). The molecule has 1 aromatic carbocycles. The molecule has 0 amide bonds. The number of hydrogen-bond acceptors (Lipinski definition) is 6. The first-order valence-electron chi connectivity index (χ1n) is 8.63. The number of anilines is 4. The highest BCUT2D eigenvalue weighted by molar-refractivity contribution is 5.78. The smallest absolute Gasteiger partial charge is 0.159 e. The third-order valence-corrected chi connectivity index (χ3v) is 4.20. The van der Waals surface area contributed by atoms with Crippen molar-refractivity contribution in [2.75, 3.05) is 35.6 Å². The van der Waals surface area contributed by atoms with E-state index in [0.717, 1.165) is 30.3 Å². The maximum Gasteiger partial charge on any atom is 0.159 e. The van der Waals surface area contributed by atoms with Gasteiger partial charge in [-0.25, -0.2) is 9.97 Å². The van der Waals surface area contributed by atoms with Crippen LogP contribution < -0.4 is 20.7 Å². The van der Waals surface area contributed by atoms with Crippen molar-refractivity contribution in [3.63, 3.8) is 0 Å². The lowest BCUT2D eigenvalue weighted by atomic mass is 10.2. The maximum atomic E-state index is 6.34. The lowest BCUT2D eigenvalue weighted by molar-refractivity contribution is 0.340. The molecule has 2 heterocycles. The van der Waals surface area contributed by atoms with Crippen molar-refractivity contribution in [3.05, 3.63) is 30.6 Å². The van der Waals surface area contributed by atoms with E-state index in [2.05, 4.69) is 20.2 Å². The molecule has 6 heteroatoms. The van der Waals surface area contributed by atoms with Crippen LogP contribution in [0.3, 0.4) is 0 Å². The molecule has 24 heavy (non-hydrogen) atoms. The minimum Gasteiger partial charge on any atom is -0.494 e. The normalized spacial score (nSPS) is 15.0. The number of benzene rings is 1. The Morgan fingerprint density at radius 3 is 2.46 bits per heavy atom. The summed E-state index contributed by atoms with van der Waals surface area (Å²) in [5, 5.41) is 3.28. The molecule has 0 spiro atoms. The van der Waals surface area contributed by atoms with Crippen molar-refractivity contribution < 1.29 is 4.74 Å². The average molecular weight is 327 g/mol. The van der Waals surface area contributed by atoms with Crippen LogP contribution in [0.2, 0.25) is 0 Å². The molecule has 3 rings (SSSR count). The van der Waals surface area contributed by atoms with Gasteiger partial charge in [0.15, 0.2) is 11.6 Å². The van der Waals surface area contributed by atoms with Gasteiger partial charge in [0.25, 0.3) is 0 Å². The van der Waals surface area contributed by atoms with Crippen LogP contribution in [0.25, 0.3) is 0 Å². The van der Waals surface area contributed by atoms with Crippen molar-refractivity contribution in [1.29, 1.82) is 0 Å². The predicted molar refractivity (Wildman–Crippen MR) is 98.0 cm³/mol. The molecule has 1 aromatic heterocycles. The van der Waals surface area contributed by atoms with Gasteiger partial charge >= 0.3 is 0 Å². The van der Waals surface area contributed by atoms with Gasteiger partial charge < -0.3 is 20.7 Å². The molecule has 3 N–H and O–H groups in total. The molecule has 1 saturated heterocycles. The third-order valence-electron chi connectivity index (χ3n) is 4.20. The van der Waals surface area contributed by atoms with Crippen LogP contribution in [0.1, 0.15) is 32.6 Å². The van der Waals surface area contributed by atoms with E-state index in [1.54, 1.807) is 6.33 Å². The lowest BCUT2D eigenvalue weighted by Crippen LogP contribution is -2.26. The van der Waals surface area contributed by atoms with Crippen LogP contribution in [0.4, 0.5) is 23.0 Å². The van der Waals surface area contributed by atoms with E-state index in [1.807, 2.05) is 31.2 Å². The molecular formula is C18H25N5O. The molecule has 0 saturated carbocycles. The number of nitrogen functional groups attached to an aromatic ring is 1. The molecule has 0 bridgehead atoms. The number of ether oxygens (including phenoxy) is 1. The van der Waals surface area contributed by atoms with Crippen molar-refractivity contribution in [3.8, 4) is 5.75 Å². The predicted octanol–water partition coefficient (Wildman–Crippen LogP) is 3.58. The number of nitrogens with two attached hydrogens (primary N) is 1. The number of hydrogen-bond donors (Lipinski definition) is 2. The molecule has 1 fully saturated rings. The fourth-order valence-electron chi connectivity index (χ4n) is 2.96. The van der Waals surface area contributed by atoms with Gasteiger partial charge in [0.2, 0.25) is 0 Å². The highest BCUT2D eigenvalue weighted by atomic mass is 16.5. The first-order chi connectivity index (χ1) is 11.8. The molecular weight excluding hydrogens is 302 g/mol. The lowest BCUT2D eigenvalue weighted by Gasteiger charge is -2.23. The summed E-state index contributed by atoms with van der Waals surface area (Å²) in [6, 6.07) is 7.77. The molecule has 0 aliphatic carbocycles. The van der Waals surface area contributed by atoms with E-state index in [9.17, 15) is 0 Å². The van der Waals surface area contributed by atoms with Gasteiger partial charge in [-0.3, -0.25) is 0 Å². The second-order valence-corrected chi connectivity index (χ2v) is 5.94. The Bertz CT molecular complexity index is 651. The maximum absolute atomic E-state index is 6.34. The average Bonchev–Trinajstić information content (AvgIpc) is 2.88. The molecule has 0 atom stereocenters. The Balaban J connectivity index is 1.77. The molecule has 0 radical (unpaired) electrons. The number of rotatable bonds is 5. The summed E-state index contributed by atoms with van der Waals surface area (Å²) < 4.78 is 5.46. The monoisotopic (exact) mass is 327 g/mol. The van der Waals surface area contributed by atoms with Gasteiger partial charge in [0.1, 0.15) is 17.8 Å². The number of nitrogens with one attached hydrogen (secondary N) is 1. The Labute approximate surface area is 143 Å². The van der Waals surface area contributed by atoms with Crippen LogP contribution in [-0.2, 0) is 0 Å². The van der Waals surface area contributed by atoms with E-state index in [0.29, 0.717) is 18.1 Å². The van der Waals surface area contributed by atoms with Gasteiger partial charge in [0, 0.05) is 18.8 Å². The summed E-state index contributed by atoms with van der Waals surface area (Å²) in [6.07, 6.45) is 6.50. The molecule has 1 aliphatic rings. The quantitative estimate of drug-likeness (QED) is 0.874. The second-order valence-electron chi connectivity index (χ2n) is 5.94. The summed E-state index contributed by atoms with van der Waals surface area (Å²) in [5.41, 5.74) is 7.86. The fraction of sp³-hybridized carbons (Fsp3) is 0.444. The zero-order valence-electron chi connectivity index (χ0n) is 14.2. The van der Waals surface area contributed by atoms with Gasteiger partial charge in [-0.1, -0.05) is 12.8 Å². The SMILES string of the molecule is CCOc1ccc(Nc2ncnc(N3CCCCCC3)c2N)cc1. The van der Waals surface area contributed by atoms with Crippen LogP contribution in [0, 0.1) is 0 Å². The molecule has 2 aromatic rings. The van der Waals surface area contributed by atoms with Gasteiger partial charge in [-0.05, 0) is 44.0 Å². The Morgan fingerprint density at radius 1 is 1.08 bits per heavy atom. The topological polar surface area (TPSA) is 76.3 Å². The first-order valence-corrected chi connectivity index (χ1v) is 8.63. The van der Waals surface area contributed by atoms with Crippen molar-refractivity contribution in [1.82, 2.24) is 9.97 Å². The van der Waals surface area contributed by atoms with E-state index < -0.39 is 0 Å². The molecule has 128 valence electrons. The van der Waals surface area contributed by atoms with Gasteiger partial charge in [-0.15, -0.1) is 0 Å². The third kappa shape index (κ3) is 3.88. The minimum atomic E-state index is 0.605. The highest BCUT2D eigenvalue weighted by Gasteiger charge is 2.16. The Kier molecular flexibility index (Phi) is 5.36. The first kappa shape index (κ1) is 16.4. The zero-order valence-corrected chi connectivity index (χ0v) is 14.2. The minimum absolute atomic E-state index is 0.605. The summed E-state index contributed by atoms with van der Waals surface area (Å²) >= 11 is 0. The Morgan fingerprint density at radius 2 is 1.79 bits per heavy atom. The molecule has 0 unspecified atom stereocenters. The largest absolute Gasteiger partial charge is 0.494 e. The van der Waals surface area contributed by atoms with E-state index in [1.165, 1.54) is 25.7 Å². The number of aromatic nitrogens is 2. The van der Waals surface area contributed by atoms with Gasteiger partial charge in [-0.2, -0.15) is 0 Å². The second kappa shape index (κ2) is 7.86. The van der Waals surface area contributed by atoms with Crippen LogP contribution >= 0.6 is 0 Å². The summed E-state index contributed by atoms with van der Waals surface area (Å²) in [5.74, 6) is 2.33. The summed E-state index contributed by atoms with van der Waals surface area (Å²) in [4.78, 5) is 11.0. The van der Waals surface area contributed by atoms with Crippen molar-refractivity contribution in [2.45, 2.75) is 32.6 Å². The summed E-state index contributed by atoms with van der Waals surface area (Å²) in [6.45, 7) is 4.64. The molecule has 1 aliphatic heterocycles. The van der Waals surface area contributed by atoms with E-state index >= 15 is 0 Å². The van der Waals surface area contributed by atoms with Crippen LogP contribution in [-0.4, -0.2) is 29.7 Å². The summed E-state index contributed by atoms with van der Waals surface area (Å²) in [7, 11) is 0. The Hall–Kier alpha value is -2.50. The van der Waals surface area contributed by atoms with Crippen molar-refractivity contribution in [2.24, 2.45) is 0 Å². The van der Waals surface area contributed by atoms with E-state index in [-0.39, 0.29) is 0 Å². The van der Waals surface area contributed by atoms with Crippen LogP contribution in [0.5, 0.6) is 5.75 Å². The highest BCUT2D eigenvalue weighted by Crippen LogP contribution is 2.30. The zero-order chi connectivity index (χ0) is 16.8. The fourth-order valence-corrected chi connectivity index (χ4v) is 2.96. The van der Waals surface area contributed by atoms with Crippen molar-refractivity contribution >= 4 is 23.0 Å². The van der Waals surface area contributed by atoms with Crippen LogP contribution in [0.15, 0.2) is 30.6 Å². The van der Waals surface area contributed by atoms with Gasteiger partial charge in [0.05, 0.1) is 6.61 Å².